The van der Waals surface area contributed by atoms with Crippen LogP contribution in [0.3, 0.4) is 0 Å². The second-order valence-corrected chi connectivity index (χ2v) is 4.61. The highest BCUT2D eigenvalue weighted by molar-refractivity contribution is 5.80. The molecule has 0 aromatic rings. The van der Waals surface area contributed by atoms with Gasteiger partial charge in [-0.2, -0.15) is 0 Å². The highest BCUT2D eigenvalue weighted by Crippen LogP contribution is 2.15. The smallest absolute Gasteiger partial charge is 0.310 e. The van der Waals surface area contributed by atoms with Gasteiger partial charge in [0.05, 0.1) is 12.5 Å². The third kappa shape index (κ3) is 4.00. The van der Waals surface area contributed by atoms with E-state index in [1.807, 2.05) is 6.92 Å². The molecule has 0 aliphatic carbocycles. The predicted molar refractivity (Wildman–Crippen MR) is 64.3 cm³/mol. The molecule has 2 unspecified atom stereocenters. The highest BCUT2D eigenvalue weighted by Gasteiger charge is 2.29. The Labute approximate surface area is 102 Å². The molecule has 17 heavy (non-hydrogen) atoms. The van der Waals surface area contributed by atoms with Gasteiger partial charge in [0.15, 0.2) is 0 Å². The van der Waals surface area contributed by atoms with Gasteiger partial charge < -0.3 is 15.4 Å². The average Bonchev–Trinajstić information content (AvgIpc) is 2.23. The number of hydrogen-bond donors (Lipinski definition) is 2. The zero-order valence-corrected chi connectivity index (χ0v) is 10.8. The van der Waals surface area contributed by atoms with Gasteiger partial charge >= 0.3 is 5.97 Å². The Morgan fingerprint density at radius 3 is 2.53 bits per heavy atom. The van der Waals surface area contributed by atoms with Crippen molar-refractivity contribution in [1.29, 1.82) is 0 Å². The lowest BCUT2D eigenvalue weighted by molar-refractivity contribution is -0.147. The van der Waals surface area contributed by atoms with Crippen molar-refractivity contribution in [2.75, 3.05) is 26.2 Å². The maximum Gasteiger partial charge on any atom is 0.310 e. The molecule has 0 aromatic heterocycles. The molecule has 0 radical (unpaired) electrons. The summed E-state index contributed by atoms with van der Waals surface area (Å²) in [5.74, 6) is -0.0948. The fourth-order valence-electron chi connectivity index (χ4n) is 1.66. The fraction of sp³-hybridized carbons (Fsp3) is 0.833. The van der Waals surface area contributed by atoms with Crippen molar-refractivity contribution in [1.82, 2.24) is 10.6 Å². The number of hydrogen-bond acceptors (Lipinski definition) is 4. The van der Waals surface area contributed by atoms with Gasteiger partial charge in [0.2, 0.25) is 5.91 Å². The van der Waals surface area contributed by atoms with Crippen LogP contribution >= 0.6 is 0 Å². The molecule has 1 aliphatic rings. The van der Waals surface area contributed by atoms with Gasteiger partial charge in [-0.3, -0.25) is 9.59 Å². The average molecular weight is 242 g/mol. The van der Waals surface area contributed by atoms with E-state index in [1.165, 1.54) is 0 Å². The Balaban J connectivity index is 2.24. The normalized spacial score (nSPS) is 19.0. The van der Waals surface area contributed by atoms with Crippen LogP contribution in [0.2, 0.25) is 0 Å². The SMILES string of the molecule is CCOC(=O)C(C)CNC(=O)C(C)C1CNC1. The van der Waals surface area contributed by atoms with E-state index in [-0.39, 0.29) is 23.7 Å². The largest absolute Gasteiger partial charge is 0.466 e. The van der Waals surface area contributed by atoms with Gasteiger partial charge in [-0.25, -0.2) is 0 Å². The number of amides is 1. The molecule has 1 saturated heterocycles. The molecule has 5 heteroatoms. The third-order valence-corrected chi connectivity index (χ3v) is 3.21. The van der Waals surface area contributed by atoms with Gasteiger partial charge in [0.25, 0.3) is 0 Å². The third-order valence-electron chi connectivity index (χ3n) is 3.21. The molecule has 5 nitrogen and oxygen atoms in total. The van der Waals surface area contributed by atoms with E-state index < -0.39 is 0 Å². The van der Waals surface area contributed by atoms with Crippen molar-refractivity contribution >= 4 is 11.9 Å². The van der Waals surface area contributed by atoms with Crippen molar-refractivity contribution in [2.45, 2.75) is 20.8 Å². The summed E-state index contributed by atoms with van der Waals surface area (Å²) in [5, 5.41) is 5.95. The van der Waals surface area contributed by atoms with Crippen LogP contribution in [0.5, 0.6) is 0 Å². The van der Waals surface area contributed by atoms with Crippen LogP contribution < -0.4 is 10.6 Å². The van der Waals surface area contributed by atoms with E-state index in [0.29, 0.717) is 19.1 Å². The van der Waals surface area contributed by atoms with Crippen LogP contribution in [-0.2, 0) is 14.3 Å². The second-order valence-electron chi connectivity index (χ2n) is 4.61. The Morgan fingerprint density at radius 1 is 1.41 bits per heavy atom. The minimum Gasteiger partial charge on any atom is -0.466 e. The Morgan fingerprint density at radius 2 is 2.06 bits per heavy atom. The summed E-state index contributed by atoms with van der Waals surface area (Å²) in [6, 6.07) is 0. The van der Waals surface area contributed by atoms with Crippen molar-refractivity contribution < 1.29 is 14.3 Å². The first-order valence-electron chi connectivity index (χ1n) is 6.21. The molecule has 1 aliphatic heterocycles. The summed E-state index contributed by atoms with van der Waals surface area (Å²) in [6.45, 7) is 7.99. The summed E-state index contributed by atoms with van der Waals surface area (Å²) in [6.07, 6.45) is 0. The second kappa shape index (κ2) is 6.59. The summed E-state index contributed by atoms with van der Waals surface area (Å²) in [4.78, 5) is 23.1. The maximum atomic E-state index is 11.8. The van der Waals surface area contributed by atoms with E-state index in [9.17, 15) is 9.59 Å². The topological polar surface area (TPSA) is 67.4 Å². The van der Waals surface area contributed by atoms with Gasteiger partial charge in [-0.15, -0.1) is 0 Å². The number of ether oxygens (including phenoxy) is 1. The molecule has 0 saturated carbocycles. The van der Waals surface area contributed by atoms with Crippen molar-refractivity contribution in [2.24, 2.45) is 17.8 Å². The molecule has 98 valence electrons. The monoisotopic (exact) mass is 242 g/mol. The van der Waals surface area contributed by atoms with Crippen LogP contribution in [0.25, 0.3) is 0 Å². The Bertz CT molecular complexity index is 277. The van der Waals surface area contributed by atoms with Gasteiger partial charge in [-0.1, -0.05) is 13.8 Å². The number of carbonyl (C=O) groups is 2. The molecule has 2 atom stereocenters. The summed E-state index contributed by atoms with van der Waals surface area (Å²) < 4.78 is 4.88. The lowest BCUT2D eigenvalue weighted by atomic mass is 9.88. The van der Waals surface area contributed by atoms with Gasteiger partial charge in [0, 0.05) is 12.5 Å². The molecule has 1 rings (SSSR count). The van der Waals surface area contributed by atoms with E-state index in [4.69, 9.17) is 4.74 Å². The first kappa shape index (κ1) is 14.0. The standard InChI is InChI=1S/C12H22N2O3/c1-4-17-12(16)8(2)5-14-11(15)9(3)10-6-13-7-10/h8-10,13H,4-7H2,1-3H3,(H,14,15). The molecule has 1 fully saturated rings. The highest BCUT2D eigenvalue weighted by atomic mass is 16.5. The first-order chi connectivity index (χ1) is 8.06. The van der Waals surface area contributed by atoms with Gasteiger partial charge in [0.1, 0.15) is 0 Å². The minimum absolute atomic E-state index is 0.00523. The fourth-order valence-corrected chi connectivity index (χ4v) is 1.66. The molecular formula is C12H22N2O3. The Hall–Kier alpha value is -1.10. The summed E-state index contributed by atoms with van der Waals surface area (Å²) in [5.41, 5.74) is 0. The molecule has 1 heterocycles. The van der Waals surface area contributed by atoms with E-state index in [2.05, 4.69) is 10.6 Å². The number of nitrogens with one attached hydrogen (secondary N) is 2. The predicted octanol–water partition coefficient (Wildman–Crippen LogP) is 0.157. The minimum atomic E-state index is -0.286. The van der Waals surface area contributed by atoms with Crippen LogP contribution in [0.15, 0.2) is 0 Å². The zero-order chi connectivity index (χ0) is 12.8. The molecule has 0 aromatic carbocycles. The summed E-state index contributed by atoms with van der Waals surface area (Å²) >= 11 is 0. The molecular weight excluding hydrogens is 220 g/mol. The van der Waals surface area contributed by atoms with Gasteiger partial charge in [-0.05, 0) is 25.9 Å². The number of esters is 1. The molecule has 2 N–H and O–H groups in total. The van der Waals surface area contributed by atoms with Crippen molar-refractivity contribution in [3.63, 3.8) is 0 Å². The zero-order valence-electron chi connectivity index (χ0n) is 10.8. The lowest BCUT2D eigenvalue weighted by Crippen LogP contribution is -2.50. The molecule has 1 amide bonds. The van der Waals surface area contributed by atoms with E-state index in [1.54, 1.807) is 13.8 Å². The first-order valence-corrected chi connectivity index (χ1v) is 6.21. The maximum absolute atomic E-state index is 11.8. The Kier molecular flexibility index (Phi) is 5.41. The summed E-state index contributed by atoms with van der Waals surface area (Å²) in [7, 11) is 0. The quantitative estimate of drug-likeness (QED) is 0.651. The lowest BCUT2D eigenvalue weighted by Gasteiger charge is -2.31. The molecule has 0 bridgehead atoms. The van der Waals surface area contributed by atoms with Crippen LogP contribution in [0.1, 0.15) is 20.8 Å². The number of rotatable bonds is 6. The van der Waals surface area contributed by atoms with Crippen LogP contribution in [-0.4, -0.2) is 38.1 Å². The van der Waals surface area contributed by atoms with E-state index >= 15 is 0 Å². The van der Waals surface area contributed by atoms with Crippen molar-refractivity contribution in [3.8, 4) is 0 Å². The van der Waals surface area contributed by atoms with Crippen molar-refractivity contribution in [3.05, 3.63) is 0 Å². The molecule has 0 spiro atoms. The van der Waals surface area contributed by atoms with Crippen LogP contribution in [0, 0.1) is 17.8 Å². The number of carbonyl (C=O) groups excluding carboxylic acids is 2. The van der Waals surface area contributed by atoms with Crippen LogP contribution in [0.4, 0.5) is 0 Å². The van der Waals surface area contributed by atoms with E-state index in [0.717, 1.165) is 13.1 Å².